The summed E-state index contributed by atoms with van der Waals surface area (Å²) in [5.74, 6) is -1.53. The highest BCUT2D eigenvalue weighted by Gasteiger charge is 2.21. The summed E-state index contributed by atoms with van der Waals surface area (Å²) in [6.45, 7) is 1.60. The number of rotatable bonds is 6. The van der Waals surface area contributed by atoms with E-state index in [4.69, 9.17) is 5.11 Å². The molecule has 0 saturated carbocycles. The number of nitrogens with zero attached hydrogens (tertiary/aromatic N) is 1. The van der Waals surface area contributed by atoms with E-state index < -0.39 is 22.0 Å². The maximum Gasteiger partial charge on any atom is 0.336 e. The monoisotopic (exact) mass is 346 g/mol. The van der Waals surface area contributed by atoms with Crippen LogP contribution >= 0.6 is 11.8 Å². The van der Waals surface area contributed by atoms with E-state index in [-0.39, 0.29) is 16.9 Å². The van der Waals surface area contributed by atoms with Crippen LogP contribution in [0.5, 0.6) is 0 Å². The van der Waals surface area contributed by atoms with Crippen LogP contribution in [0.25, 0.3) is 0 Å². The first-order chi connectivity index (χ1) is 11.4. The van der Waals surface area contributed by atoms with Gasteiger partial charge in [0.25, 0.3) is 5.69 Å². The molecule has 0 aliphatic carbocycles. The summed E-state index contributed by atoms with van der Waals surface area (Å²) in [6.07, 6.45) is 0. The van der Waals surface area contributed by atoms with Crippen molar-refractivity contribution in [3.05, 3.63) is 64.2 Å². The number of hydrogen-bond acceptors (Lipinski definition) is 5. The summed E-state index contributed by atoms with van der Waals surface area (Å²) in [5, 5.41) is 22.0. The Morgan fingerprint density at radius 2 is 1.79 bits per heavy atom. The van der Waals surface area contributed by atoms with E-state index in [0.29, 0.717) is 4.90 Å². The Hall–Kier alpha value is -2.87. The summed E-state index contributed by atoms with van der Waals surface area (Å²) in [6, 6.07) is 12.2. The van der Waals surface area contributed by atoms with Gasteiger partial charge in [-0.3, -0.25) is 14.9 Å². The number of carboxylic acids is 1. The van der Waals surface area contributed by atoms with E-state index in [0.717, 1.165) is 11.8 Å². The number of carbonyl (C=O) groups is 2. The van der Waals surface area contributed by atoms with Crippen molar-refractivity contribution in [2.24, 2.45) is 0 Å². The number of nitrogens with one attached hydrogen (secondary N) is 1. The Kier molecular flexibility index (Phi) is 5.54. The molecule has 124 valence electrons. The molecule has 0 fully saturated rings. The maximum atomic E-state index is 12.3. The molecule has 0 aliphatic rings. The van der Waals surface area contributed by atoms with Crippen molar-refractivity contribution in [2.45, 2.75) is 17.1 Å². The Bertz CT molecular complexity index is 794. The summed E-state index contributed by atoms with van der Waals surface area (Å²) in [7, 11) is 0. The largest absolute Gasteiger partial charge is 0.478 e. The molecular formula is C16H14N2O5S. The quantitative estimate of drug-likeness (QED) is 0.471. The van der Waals surface area contributed by atoms with Crippen LogP contribution in [0.3, 0.4) is 0 Å². The van der Waals surface area contributed by atoms with Crippen LogP contribution in [0.2, 0.25) is 0 Å². The Labute approximate surface area is 141 Å². The first kappa shape index (κ1) is 17.5. The SMILES string of the molecule is C[C@H](Sc1ccccc1C(=O)O)C(=O)Nc1ccccc1[N+](=O)[O-]. The highest BCUT2D eigenvalue weighted by atomic mass is 32.2. The first-order valence-electron chi connectivity index (χ1n) is 6.93. The van der Waals surface area contributed by atoms with E-state index in [1.165, 1.54) is 24.3 Å². The molecule has 2 rings (SSSR count). The van der Waals surface area contributed by atoms with Gasteiger partial charge in [0, 0.05) is 11.0 Å². The lowest BCUT2D eigenvalue weighted by Crippen LogP contribution is -2.23. The maximum absolute atomic E-state index is 12.3. The Morgan fingerprint density at radius 1 is 1.17 bits per heavy atom. The summed E-state index contributed by atoms with van der Waals surface area (Å²) >= 11 is 1.08. The standard InChI is InChI=1S/C16H14N2O5S/c1-10(24-14-9-5-2-6-11(14)16(20)21)15(19)17-12-7-3-4-8-13(12)18(22)23/h2-10H,1H3,(H,17,19)(H,20,21)/t10-/m0/s1. The van der Waals surface area contributed by atoms with Crippen molar-refractivity contribution in [3.8, 4) is 0 Å². The fraction of sp³-hybridized carbons (Fsp3) is 0.125. The molecule has 1 atom stereocenters. The van der Waals surface area contributed by atoms with Gasteiger partial charge < -0.3 is 10.4 Å². The number of benzene rings is 2. The molecule has 1 amide bonds. The molecule has 0 heterocycles. The van der Waals surface area contributed by atoms with Crippen molar-refractivity contribution in [3.63, 3.8) is 0 Å². The number of carbonyl (C=O) groups excluding carboxylic acids is 1. The molecule has 0 saturated heterocycles. The van der Waals surface area contributed by atoms with Gasteiger partial charge in [0.15, 0.2) is 0 Å². The second-order valence-corrected chi connectivity index (χ2v) is 6.21. The lowest BCUT2D eigenvalue weighted by molar-refractivity contribution is -0.383. The number of anilines is 1. The van der Waals surface area contributed by atoms with Crippen LogP contribution < -0.4 is 5.32 Å². The minimum atomic E-state index is -1.08. The van der Waals surface area contributed by atoms with Crippen LogP contribution in [-0.2, 0) is 4.79 Å². The van der Waals surface area contributed by atoms with E-state index >= 15 is 0 Å². The van der Waals surface area contributed by atoms with Gasteiger partial charge in [-0.15, -0.1) is 11.8 Å². The number of para-hydroxylation sites is 2. The number of nitro benzene ring substituents is 1. The van der Waals surface area contributed by atoms with Gasteiger partial charge >= 0.3 is 5.97 Å². The summed E-state index contributed by atoms with van der Waals surface area (Å²) in [5.41, 5.74) is 0.00768. The van der Waals surface area contributed by atoms with Crippen molar-refractivity contribution >= 4 is 35.0 Å². The Balaban J connectivity index is 2.14. The lowest BCUT2D eigenvalue weighted by atomic mass is 10.2. The van der Waals surface area contributed by atoms with Gasteiger partial charge in [0.05, 0.1) is 15.7 Å². The molecule has 8 heteroatoms. The number of nitro groups is 1. The minimum absolute atomic E-state index is 0.103. The summed E-state index contributed by atoms with van der Waals surface area (Å²) < 4.78 is 0. The van der Waals surface area contributed by atoms with Crippen molar-refractivity contribution in [1.29, 1.82) is 0 Å². The number of aromatic carboxylic acids is 1. The molecule has 0 bridgehead atoms. The van der Waals surface area contributed by atoms with Crippen LogP contribution in [0.1, 0.15) is 17.3 Å². The Morgan fingerprint density at radius 3 is 2.46 bits per heavy atom. The van der Waals surface area contributed by atoms with Gasteiger partial charge in [-0.25, -0.2) is 4.79 Å². The van der Waals surface area contributed by atoms with Crippen LogP contribution in [0.4, 0.5) is 11.4 Å². The average Bonchev–Trinajstić information content (AvgIpc) is 2.55. The van der Waals surface area contributed by atoms with E-state index in [1.54, 1.807) is 31.2 Å². The second-order valence-electron chi connectivity index (χ2n) is 4.82. The molecule has 2 aromatic carbocycles. The fourth-order valence-corrected chi connectivity index (χ4v) is 2.95. The van der Waals surface area contributed by atoms with E-state index in [1.807, 2.05) is 0 Å². The van der Waals surface area contributed by atoms with E-state index in [2.05, 4.69) is 5.32 Å². The zero-order chi connectivity index (χ0) is 17.7. The van der Waals surface area contributed by atoms with E-state index in [9.17, 15) is 19.7 Å². The number of hydrogen-bond donors (Lipinski definition) is 2. The molecule has 0 aromatic heterocycles. The van der Waals surface area contributed by atoms with Crippen molar-refractivity contribution in [2.75, 3.05) is 5.32 Å². The fourth-order valence-electron chi connectivity index (χ4n) is 1.96. The van der Waals surface area contributed by atoms with Gasteiger partial charge in [0.1, 0.15) is 5.69 Å². The van der Waals surface area contributed by atoms with Crippen LogP contribution in [0.15, 0.2) is 53.4 Å². The number of carboxylic acid groups (broad SMARTS) is 1. The van der Waals surface area contributed by atoms with Crippen LogP contribution in [0, 0.1) is 10.1 Å². The van der Waals surface area contributed by atoms with Crippen molar-refractivity contribution < 1.29 is 19.6 Å². The minimum Gasteiger partial charge on any atom is -0.478 e. The second kappa shape index (κ2) is 7.60. The molecule has 24 heavy (non-hydrogen) atoms. The lowest BCUT2D eigenvalue weighted by Gasteiger charge is -2.13. The molecule has 2 aromatic rings. The van der Waals surface area contributed by atoms with Crippen molar-refractivity contribution in [1.82, 2.24) is 0 Å². The molecule has 0 unspecified atom stereocenters. The smallest absolute Gasteiger partial charge is 0.336 e. The number of thioether (sulfide) groups is 1. The first-order valence-corrected chi connectivity index (χ1v) is 7.81. The van der Waals surface area contributed by atoms with Gasteiger partial charge in [-0.1, -0.05) is 24.3 Å². The highest BCUT2D eigenvalue weighted by Crippen LogP contribution is 2.29. The molecule has 0 radical (unpaired) electrons. The topological polar surface area (TPSA) is 110 Å². The number of amides is 1. The van der Waals surface area contributed by atoms with Gasteiger partial charge in [-0.05, 0) is 25.1 Å². The molecule has 0 aliphatic heterocycles. The average molecular weight is 346 g/mol. The predicted octanol–water partition coefficient (Wildman–Crippen LogP) is 3.41. The van der Waals surface area contributed by atoms with Crippen LogP contribution in [-0.4, -0.2) is 27.2 Å². The molecule has 7 nitrogen and oxygen atoms in total. The zero-order valence-electron chi connectivity index (χ0n) is 12.6. The third-order valence-corrected chi connectivity index (χ3v) is 4.33. The highest BCUT2D eigenvalue weighted by molar-refractivity contribution is 8.00. The zero-order valence-corrected chi connectivity index (χ0v) is 13.4. The molecule has 0 spiro atoms. The predicted molar refractivity (Wildman–Crippen MR) is 90.4 cm³/mol. The van der Waals surface area contributed by atoms with Gasteiger partial charge in [0.2, 0.25) is 5.91 Å². The normalized spacial score (nSPS) is 11.5. The molecular weight excluding hydrogens is 332 g/mol. The third-order valence-electron chi connectivity index (χ3n) is 3.15. The molecule has 2 N–H and O–H groups in total. The van der Waals surface area contributed by atoms with Gasteiger partial charge in [-0.2, -0.15) is 0 Å². The summed E-state index contributed by atoms with van der Waals surface area (Å²) in [4.78, 5) is 34.3. The third kappa shape index (κ3) is 4.11.